The Kier molecular flexibility index (Phi) is 2.51. The van der Waals surface area contributed by atoms with Gasteiger partial charge in [-0.3, -0.25) is 4.79 Å². The molecule has 0 aliphatic carbocycles. The highest BCUT2D eigenvalue weighted by molar-refractivity contribution is 9.10. The standard InChI is InChI=1S/C9H11BrN2O/c10-8-2-1-5-12(9(8)13)7-3-4-11-6-7/h1-2,5,7,11H,3-4,6H2/t7-/m1/s1. The zero-order chi connectivity index (χ0) is 9.26. The van der Waals surface area contributed by atoms with Crippen LogP contribution in [0.1, 0.15) is 12.5 Å². The summed E-state index contributed by atoms with van der Waals surface area (Å²) in [6.07, 6.45) is 2.89. The fraction of sp³-hybridized carbons (Fsp3) is 0.444. The number of rotatable bonds is 1. The highest BCUT2D eigenvalue weighted by Crippen LogP contribution is 2.13. The number of pyridine rings is 1. The molecule has 0 unspecified atom stereocenters. The van der Waals surface area contributed by atoms with Gasteiger partial charge in [0.05, 0.1) is 10.5 Å². The van der Waals surface area contributed by atoms with E-state index in [1.165, 1.54) is 0 Å². The van der Waals surface area contributed by atoms with Crippen LogP contribution in [-0.4, -0.2) is 17.7 Å². The molecular weight excluding hydrogens is 232 g/mol. The van der Waals surface area contributed by atoms with Crippen molar-refractivity contribution in [2.24, 2.45) is 0 Å². The van der Waals surface area contributed by atoms with Gasteiger partial charge in [0.15, 0.2) is 0 Å². The summed E-state index contributed by atoms with van der Waals surface area (Å²) in [5.74, 6) is 0. The van der Waals surface area contributed by atoms with E-state index in [1.807, 2.05) is 12.3 Å². The molecule has 0 spiro atoms. The molecule has 1 aromatic rings. The largest absolute Gasteiger partial charge is 0.315 e. The van der Waals surface area contributed by atoms with E-state index in [9.17, 15) is 4.79 Å². The lowest BCUT2D eigenvalue weighted by molar-refractivity contribution is 0.527. The van der Waals surface area contributed by atoms with Crippen LogP contribution in [0, 0.1) is 0 Å². The Morgan fingerprint density at radius 2 is 2.46 bits per heavy atom. The molecule has 2 heterocycles. The first kappa shape index (κ1) is 8.97. The minimum absolute atomic E-state index is 0.0659. The summed E-state index contributed by atoms with van der Waals surface area (Å²) in [5.41, 5.74) is 0.0659. The zero-order valence-electron chi connectivity index (χ0n) is 7.16. The monoisotopic (exact) mass is 242 g/mol. The van der Waals surface area contributed by atoms with Crippen LogP contribution in [0.15, 0.2) is 27.6 Å². The van der Waals surface area contributed by atoms with Gasteiger partial charge >= 0.3 is 0 Å². The maximum atomic E-state index is 11.6. The van der Waals surface area contributed by atoms with E-state index < -0.39 is 0 Å². The van der Waals surface area contributed by atoms with Gasteiger partial charge < -0.3 is 9.88 Å². The molecular formula is C9H11BrN2O. The van der Waals surface area contributed by atoms with Gasteiger partial charge in [-0.15, -0.1) is 0 Å². The second-order valence-electron chi connectivity index (χ2n) is 3.22. The van der Waals surface area contributed by atoms with Crippen molar-refractivity contribution >= 4 is 15.9 Å². The van der Waals surface area contributed by atoms with E-state index in [2.05, 4.69) is 21.2 Å². The first-order valence-corrected chi connectivity index (χ1v) is 5.16. The number of hydrogen-bond acceptors (Lipinski definition) is 2. The summed E-state index contributed by atoms with van der Waals surface area (Å²) in [6.45, 7) is 1.90. The van der Waals surface area contributed by atoms with Crippen LogP contribution in [0.5, 0.6) is 0 Å². The molecule has 2 rings (SSSR count). The van der Waals surface area contributed by atoms with Gasteiger partial charge in [-0.05, 0) is 41.0 Å². The molecule has 1 fully saturated rings. The molecule has 1 aliphatic heterocycles. The van der Waals surface area contributed by atoms with Gasteiger partial charge in [0.1, 0.15) is 0 Å². The fourth-order valence-electron chi connectivity index (χ4n) is 1.65. The SMILES string of the molecule is O=c1c(Br)cccn1[C@@H]1CCNC1. The predicted molar refractivity (Wildman–Crippen MR) is 54.9 cm³/mol. The number of hydrogen-bond donors (Lipinski definition) is 1. The predicted octanol–water partition coefficient (Wildman–Crippen LogP) is 1.15. The minimum Gasteiger partial charge on any atom is -0.315 e. The highest BCUT2D eigenvalue weighted by atomic mass is 79.9. The summed E-state index contributed by atoms with van der Waals surface area (Å²) < 4.78 is 2.44. The first-order valence-electron chi connectivity index (χ1n) is 4.36. The quantitative estimate of drug-likeness (QED) is 0.802. The third kappa shape index (κ3) is 1.69. The Labute approximate surface area is 84.9 Å². The number of nitrogens with zero attached hydrogens (tertiary/aromatic N) is 1. The summed E-state index contributed by atoms with van der Waals surface area (Å²) in [4.78, 5) is 11.6. The van der Waals surface area contributed by atoms with Gasteiger partial charge in [0, 0.05) is 12.7 Å². The zero-order valence-corrected chi connectivity index (χ0v) is 8.75. The summed E-state index contributed by atoms with van der Waals surface area (Å²) in [6, 6.07) is 4.00. The molecule has 1 saturated heterocycles. The number of nitrogens with one attached hydrogen (secondary N) is 1. The van der Waals surface area contributed by atoms with E-state index in [4.69, 9.17) is 0 Å². The molecule has 0 radical (unpaired) electrons. The summed E-state index contributed by atoms with van der Waals surface area (Å²) >= 11 is 3.24. The second kappa shape index (κ2) is 3.64. The molecule has 1 N–H and O–H groups in total. The van der Waals surface area contributed by atoms with Crippen molar-refractivity contribution in [1.82, 2.24) is 9.88 Å². The highest BCUT2D eigenvalue weighted by Gasteiger charge is 2.17. The number of aromatic nitrogens is 1. The van der Waals surface area contributed by atoms with Gasteiger partial charge in [-0.25, -0.2) is 0 Å². The van der Waals surface area contributed by atoms with Gasteiger partial charge in [-0.1, -0.05) is 0 Å². The maximum Gasteiger partial charge on any atom is 0.265 e. The van der Waals surface area contributed by atoms with Gasteiger partial charge in [-0.2, -0.15) is 0 Å². The lowest BCUT2D eigenvalue weighted by atomic mass is 10.2. The van der Waals surface area contributed by atoms with Gasteiger partial charge in [0.25, 0.3) is 5.56 Å². The molecule has 3 nitrogen and oxygen atoms in total. The molecule has 0 amide bonds. The normalized spacial score (nSPS) is 22.1. The van der Waals surface area contributed by atoms with E-state index in [0.717, 1.165) is 19.5 Å². The number of halogens is 1. The van der Waals surface area contributed by atoms with Crippen molar-refractivity contribution < 1.29 is 0 Å². The Balaban J connectivity index is 2.39. The Morgan fingerprint density at radius 1 is 1.62 bits per heavy atom. The minimum atomic E-state index is 0.0659. The average Bonchev–Trinajstić information content (AvgIpc) is 2.62. The maximum absolute atomic E-state index is 11.6. The first-order chi connectivity index (χ1) is 6.29. The van der Waals surface area contributed by atoms with Crippen LogP contribution in [0.4, 0.5) is 0 Å². The summed E-state index contributed by atoms with van der Waals surface area (Å²) in [7, 11) is 0. The Morgan fingerprint density at radius 3 is 3.15 bits per heavy atom. The van der Waals surface area contributed by atoms with E-state index in [1.54, 1.807) is 10.6 Å². The van der Waals surface area contributed by atoms with Crippen LogP contribution in [0.25, 0.3) is 0 Å². The van der Waals surface area contributed by atoms with E-state index in [-0.39, 0.29) is 5.56 Å². The molecule has 70 valence electrons. The molecule has 0 saturated carbocycles. The molecule has 0 aromatic carbocycles. The van der Waals surface area contributed by atoms with E-state index in [0.29, 0.717) is 10.5 Å². The third-order valence-electron chi connectivity index (χ3n) is 2.36. The molecule has 1 aliphatic rings. The third-order valence-corrected chi connectivity index (χ3v) is 2.96. The smallest absolute Gasteiger partial charge is 0.265 e. The van der Waals surface area contributed by atoms with Crippen LogP contribution in [-0.2, 0) is 0 Å². The molecule has 13 heavy (non-hydrogen) atoms. The van der Waals surface area contributed by atoms with Crippen LogP contribution in [0.3, 0.4) is 0 Å². The topological polar surface area (TPSA) is 34.0 Å². The average molecular weight is 243 g/mol. The molecule has 1 atom stereocenters. The summed E-state index contributed by atoms with van der Waals surface area (Å²) in [5, 5.41) is 3.24. The van der Waals surface area contributed by atoms with Gasteiger partial charge in [0.2, 0.25) is 0 Å². The van der Waals surface area contributed by atoms with Crippen LogP contribution in [0.2, 0.25) is 0 Å². The molecule has 0 bridgehead atoms. The van der Waals surface area contributed by atoms with Crippen molar-refractivity contribution in [3.8, 4) is 0 Å². The fourth-order valence-corrected chi connectivity index (χ4v) is 2.00. The molecule has 4 heteroatoms. The van der Waals surface area contributed by atoms with Crippen molar-refractivity contribution in [2.75, 3.05) is 13.1 Å². The van der Waals surface area contributed by atoms with Crippen molar-refractivity contribution in [3.05, 3.63) is 33.2 Å². The van der Waals surface area contributed by atoms with Crippen LogP contribution < -0.4 is 10.9 Å². The van der Waals surface area contributed by atoms with E-state index >= 15 is 0 Å². The van der Waals surface area contributed by atoms with Crippen molar-refractivity contribution in [3.63, 3.8) is 0 Å². The Hall–Kier alpha value is -0.610. The van der Waals surface area contributed by atoms with Crippen LogP contribution >= 0.6 is 15.9 Å². The second-order valence-corrected chi connectivity index (χ2v) is 4.07. The molecule has 1 aromatic heterocycles. The van der Waals surface area contributed by atoms with Crippen molar-refractivity contribution in [1.29, 1.82) is 0 Å². The lowest BCUT2D eigenvalue weighted by Crippen LogP contribution is -2.25. The van der Waals surface area contributed by atoms with Crippen molar-refractivity contribution in [2.45, 2.75) is 12.5 Å². The Bertz CT molecular complexity index is 355. The lowest BCUT2D eigenvalue weighted by Gasteiger charge is -2.12.